The zero-order valence-electron chi connectivity index (χ0n) is 10.6. The molecule has 0 amide bonds. The Balaban J connectivity index is 2.91. The molecule has 1 aromatic heterocycles. The zero-order chi connectivity index (χ0) is 13.7. The lowest BCUT2D eigenvalue weighted by Crippen LogP contribution is -2.34. The van der Waals surface area contributed by atoms with E-state index in [2.05, 4.69) is 9.89 Å². The van der Waals surface area contributed by atoms with Crippen LogP contribution in [-0.4, -0.2) is 36.9 Å². The molecule has 1 rings (SSSR count). The van der Waals surface area contributed by atoms with Crippen LogP contribution in [0.3, 0.4) is 0 Å². The van der Waals surface area contributed by atoms with Gasteiger partial charge in [-0.3, -0.25) is 4.79 Å². The molecule has 7 heteroatoms. The number of nitrogens with two attached hydrogens (primary N) is 1. The van der Waals surface area contributed by atoms with Gasteiger partial charge >= 0.3 is 11.9 Å². The maximum atomic E-state index is 11.6. The number of aromatic nitrogens is 1. The van der Waals surface area contributed by atoms with Crippen LogP contribution in [0.1, 0.15) is 28.7 Å². The number of carbonyl (C=O) groups is 2. The fraction of sp³-hybridized carbons (Fsp3) is 0.545. The fourth-order valence-corrected chi connectivity index (χ4v) is 1.45. The van der Waals surface area contributed by atoms with Gasteiger partial charge in [-0.25, -0.2) is 4.79 Å². The van der Waals surface area contributed by atoms with Crippen LogP contribution in [0.25, 0.3) is 0 Å². The van der Waals surface area contributed by atoms with E-state index in [9.17, 15) is 9.59 Å². The van der Waals surface area contributed by atoms with Gasteiger partial charge in [-0.05, 0) is 13.8 Å². The summed E-state index contributed by atoms with van der Waals surface area (Å²) in [6, 6.07) is -0.874. The van der Waals surface area contributed by atoms with Crippen LogP contribution in [0, 0.1) is 6.92 Å². The third-order valence-electron chi connectivity index (χ3n) is 2.38. The highest BCUT2D eigenvalue weighted by molar-refractivity contribution is 5.89. The van der Waals surface area contributed by atoms with Crippen LogP contribution in [-0.2, 0) is 20.7 Å². The molecule has 0 spiro atoms. The van der Waals surface area contributed by atoms with Gasteiger partial charge in [0, 0.05) is 12.0 Å². The maximum Gasteiger partial charge on any atom is 0.360 e. The first kappa shape index (κ1) is 14.2. The topological polar surface area (TPSA) is 105 Å². The minimum atomic E-state index is -0.874. The Kier molecular flexibility index (Phi) is 4.85. The van der Waals surface area contributed by atoms with Gasteiger partial charge in [-0.1, -0.05) is 5.16 Å². The summed E-state index contributed by atoms with van der Waals surface area (Å²) in [5, 5.41) is 3.62. The van der Waals surface area contributed by atoms with Gasteiger partial charge in [0.2, 0.25) is 0 Å². The summed E-state index contributed by atoms with van der Waals surface area (Å²) in [6.07, 6.45) is 0.107. The zero-order valence-corrected chi connectivity index (χ0v) is 10.6. The highest BCUT2D eigenvalue weighted by Crippen LogP contribution is 2.16. The van der Waals surface area contributed by atoms with Crippen molar-refractivity contribution in [3.8, 4) is 0 Å². The van der Waals surface area contributed by atoms with Gasteiger partial charge in [0.05, 0.1) is 13.7 Å². The van der Waals surface area contributed by atoms with E-state index in [1.165, 1.54) is 7.11 Å². The molecule has 0 aromatic carbocycles. The number of rotatable bonds is 5. The summed E-state index contributed by atoms with van der Waals surface area (Å²) in [7, 11) is 1.24. The van der Waals surface area contributed by atoms with Crippen LogP contribution in [0.4, 0.5) is 0 Å². The van der Waals surface area contributed by atoms with E-state index < -0.39 is 18.0 Å². The van der Waals surface area contributed by atoms with Crippen molar-refractivity contribution in [3.63, 3.8) is 0 Å². The van der Waals surface area contributed by atoms with E-state index >= 15 is 0 Å². The second kappa shape index (κ2) is 6.15. The highest BCUT2D eigenvalue weighted by Gasteiger charge is 2.25. The van der Waals surface area contributed by atoms with E-state index in [4.69, 9.17) is 15.0 Å². The van der Waals surface area contributed by atoms with E-state index in [1.807, 2.05) is 0 Å². The predicted octanol–water partition coefficient (Wildman–Crippen LogP) is 0.203. The summed E-state index contributed by atoms with van der Waals surface area (Å²) in [5.74, 6) is -0.732. The molecule has 0 radical (unpaired) electrons. The summed E-state index contributed by atoms with van der Waals surface area (Å²) in [4.78, 5) is 22.8. The third-order valence-corrected chi connectivity index (χ3v) is 2.38. The molecule has 1 unspecified atom stereocenters. The predicted molar refractivity (Wildman–Crippen MR) is 60.9 cm³/mol. The summed E-state index contributed by atoms with van der Waals surface area (Å²) in [6.45, 7) is 3.55. The SMILES string of the molecule is CCOC(=O)c1noc(C)c1CC(N)C(=O)OC. The Morgan fingerprint density at radius 1 is 1.50 bits per heavy atom. The second-order valence-corrected chi connectivity index (χ2v) is 3.62. The molecule has 18 heavy (non-hydrogen) atoms. The Morgan fingerprint density at radius 2 is 2.17 bits per heavy atom. The normalized spacial score (nSPS) is 12.0. The first-order chi connectivity index (χ1) is 8.51. The molecule has 0 bridgehead atoms. The quantitative estimate of drug-likeness (QED) is 0.750. The molecule has 2 N–H and O–H groups in total. The molecule has 0 aliphatic heterocycles. The van der Waals surface area contributed by atoms with Crippen LogP contribution in [0.5, 0.6) is 0 Å². The molecule has 1 aromatic rings. The number of esters is 2. The summed E-state index contributed by atoms with van der Waals surface area (Å²) in [5.41, 5.74) is 6.15. The first-order valence-electron chi connectivity index (χ1n) is 5.46. The lowest BCUT2D eigenvalue weighted by molar-refractivity contribution is -0.142. The number of ether oxygens (including phenoxy) is 2. The van der Waals surface area contributed by atoms with E-state index in [0.29, 0.717) is 11.3 Å². The molecular formula is C11H16N2O5. The maximum absolute atomic E-state index is 11.6. The number of hydrogen-bond acceptors (Lipinski definition) is 7. The highest BCUT2D eigenvalue weighted by atomic mass is 16.5. The monoisotopic (exact) mass is 256 g/mol. The van der Waals surface area contributed by atoms with Crippen molar-refractivity contribution in [3.05, 3.63) is 17.0 Å². The van der Waals surface area contributed by atoms with E-state index in [0.717, 1.165) is 0 Å². The van der Waals surface area contributed by atoms with Gasteiger partial charge in [0.15, 0.2) is 5.69 Å². The van der Waals surface area contributed by atoms with Crippen LogP contribution in [0.15, 0.2) is 4.52 Å². The third kappa shape index (κ3) is 3.07. The molecule has 0 aliphatic carbocycles. The van der Waals surface area contributed by atoms with Gasteiger partial charge < -0.3 is 19.7 Å². The van der Waals surface area contributed by atoms with Gasteiger partial charge in [0.25, 0.3) is 0 Å². The Morgan fingerprint density at radius 3 is 2.72 bits per heavy atom. The van der Waals surface area contributed by atoms with Crippen molar-refractivity contribution >= 4 is 11.9 Å². The molecule has 1 heterocycles. The number of methoxy groups -OCH3 is 1. The van der Waals surface area contributed by atoms with Crippen molar-refractivity contribution in [2.75, 3.05) is 13.7 Å². The molecule has 100 valence electrons. The number of hydrogen-bond donors (Lipinski definition) is 1. The molecule has 1 atom stereocenters. The molecule has 7 nitrogen and oxygen atoms in total. The van der Waals surface area contributed by atoms with E-state index in [1.54, 1.807) is 13.8 Å². The first-order valence-corrected chi connectivity index (χ1v) is 5.46. The van der Waals surface area contributed by atoms with Gasteiger partial charge in [0.1, 0.15) is 11.8 Å². The number of aryl methyl sites for hydroxylation is 1. The summed E-state index contributed by atoms with van der Waals surface area (Å²) < 4.78 is 14.3. The minimum absolute atomic E-state index is 0.0497. The van der Waals surface area contributed by atoms with Crippen molar-refractivity contribution in [1.82, 2.24) is 5.16 Å². The van der Waals surface area contributed by atoms with Crippen molar-refractivity contribution in [2.24, 2.45) is 5.73 Å². The molecule has 0 saturated carbocycles. The largest absolute Gasteiger partial charge is 0.468 e. The van der Waals surface area contributed by atoms with Crippen LogP contribution >= 0.6 is 0 Å². The summed E-state index contributed by atoms with van der Waals surface area (Å²) >= 11 is 0. The lowest BCUT2D eigenvalue weighted by atomic mass is 10.0. The lowest BCUT2D eigenvalue weighted by Gasteiger charge is -2.08. The number of carbonyl (C=O) groups excluding carboxylic acids is 2. The average molecular weight is 256 g/mol. The van der Waals surface area contributed by atoms with E-state index in [-0.39, 0.29) is 18.7 Å². The van der Waals surface area contributed by atoms with Crippen molar-refractivity contribution < 1.29 is 23.6 Å². The molecule has 0 aliphatic rings. The number of nitrogens with zero attached hydrogens (tertiary/aromatic N) is 1. The standard InChI is InChI=1S/C11H16N2O5/c1-4-17-11(15)9-7(6(2)18-13-9)5-8(12)10(14)16-3/h8H,4-5,12H2,1-3H3. The Hall–Kier alpha value is -1.89. The fourth-order valence-electron chi connectivity index (χ4n) is 1.45. The van der Waals surface area contributed by atoms with Gasteiger partial charge in [-0.15, -0.1) is 0 Å². The minimum Gasteiger partial charge on any atom is -0.468 e. The second-order valence-electron chi connectivity index (χ2n) is 3.62. The Labute approximate surface area is 104 Å². The van der Waals surface area contributed by atoms with Crippen molar-refractivity contribution in [2.45, 2.75) is 26.3 Å². The average Bonchev–Trinajstić information content (AvgIpc) is 2.70. The van der Waals surface area contributed by atoms with Crippen LogP contribution in [0.2, 0.25) is 0 Å². The molecule has 0 fully saturated rings. The smallest absolute Gasteiger partial charge is 0.360 e. The van der Waals surface area contributed by atoms with Crippen molar-refractivity contribution in [1.29, 1.82) is 0 Å². The Bertz CT molecular complexity index is 441. The van der Waals surface area contributed by atoms with Gasteiger partial charge in [-0.2, -0.15) is 0 Å². The van der Waals surface area contributed by atoms with Crippen LogP contribution < -0.4 is 5.73 Å². The molecule has 0 saturated heterocycles. The molecular weight excluding hydrogens is 240 g/mol.